The van der Waals surface area contributed by atoms with Crippen molar-refractivity contribution in [3.05, 3.63) is 64.1 Å². The number of fused-ring (bicyclic) bond motifs is 1. The highest BCUT2D eigenvalue weighted by atomic mass is 35.5. The fourth-order valence-corrected chi connectivity index (χ4v) is 3.96. The Kier molecular flexibility index (Phi) is 4.21. The molecule has 134 valence electrons. The number of amides is 1. The van der Waals surface area contributed by atoms with Crippen molar-refractivity contribution in [2.75, 3.05) is 11.4 Å². The van der Waals surface area contributed by atoms with E-state index in [9.17, 15) is 4.79 Å². The Morgan fingerprint density at radius 1 is 1.23 bits per heavy atom. The molecular formula is C20H21ClN4O. The van der Waals surface area contributed by atoms with E-state index in [0.29, 0.717) is 11.6 Å². The van der Waals surface area contributed by atoms with Crippen LogP contribution in [0.3, 0.4) is 0 Å². The molecule has 0 saturated carbocycles. The van der Waals surface area contributed by atoms with E-state index in [1.807, 2.05) is 59.7 Å². The molecule has 6 heteroatoms. The molecule has 3 heterocycles. The van der Waals surface area contributed by atoms with E-state index >= 15 is 0 Å². The van der Waals surface area contributed by atoms with Gasteiger partial charge in [-0.2, -0.15) is 0 Å². The first kappa shape index (κ1) is 17.1. The Labute approximate surface area is 157 Å². The summed E-state index contributed by atoms with van der Waals surface area (Å²) in [6, 6.07) is 9.49. The summed E-state index contributed by atoms with van der Waals surface area (Å²) in [5, 5.41) is 0.591. The molecule has 1 saturated heterocycles. The predicted molar refractivity (Wildman–Crippen MR) is 104 cm³/mol. The maximum Gasteiger partial charge on any atom is 0.227 e. The van der Waals surface area contributed by atoms with Gasteiger partial charge in [0.2, 0.25) is 5.91 Å². The Balaban J connectivity index is 1.89. The van der Waals surface area contributed by atoms with E-state index < -0.39 is 6.04 Å². The molecule has 0 aliphatic carbocycles. The van der Waals surface area contributed by atoms with Gasteiger partial charge in [0.15, 0.2) is 0 Å². The molecule has 2 aromatic heterocycles. The number of anilines is 1. The van der Waals surface area contributed by atoms with Crippen molar-refractivity contribution < 1.29 is 4.79 Å². The third-order valence-corrected chi connectivity index (χ3v) is 5.55. The summed E-state index contributed by atoms with van der Waals surface area (Å²) < 4.78 is 1.85. The quantitative estimate of drug-likeness (QED) is 0.765. The van der Waals surface area contributed by atoms with E-state index in [1.165, 1.54) is 0 Å². The summed E-state index contributed by atoms with van der Waals surface area (Å²) in [6.45, 7) is 4.65. The highest BCUT2D eigenvalue weighted by Crippen LogP contribution is 2.36. The van der Waals surface area contributed by atoms with Crippen LogP contribution in [0.25, 0.3) is 5.65 Å². The Morgan fingerprint density at radius 2 is 2.04 bits per heavy atom. The molecule has 1 atom stereocenters. The van der Waals surface area contributed by atoms with Gasteiger partial charge in [-0.25, -0.2) is 4.98 Å². The summed E-state index contributed by atoms with van der Waals surface area (Å²) in [7, 11) is 0. The maximum absolute atomic E-state index is 12.3. The average Bonchev–Trinajstić information content (AvgIpc) is 3.18. The molecule has 1 amide bonds. The lowest BCUT2D eigenvalue weighted by Gasteiger charge is -2.25. The van der Waals surface area contributed by atoms with E-state index in [1.54, 1.807) is 0 Å². The number of halogens is 1. The maximum atomic E-state index is 12.3. The highest BCUT2D eigenvalue weighted by Gasteiger charge is 2.28. The number of hydrogen-bond acceptors (Lipinski definition) is 3. The molecule has 2 N–H and O–H groups in total. The molecule has 0 spiro atoms. The van der Waals surface area contributed by atoms with E-state index in [0.717, 1.165) is 46.7 Å². The van der Waals surface area contributed by atoms with Crippen LogP contribution in [0.5, 0.6) is 0 Å². The second kappa shape index (κ2) is 6.41. The van der Waals surface area contributed by atoms with Crippen molar-refractivity contribution in [2.24, 2.45) is 5.73 Å². The number of benzene rings is 1. The molecule has 1 aliphatic heterocycles. The summed E-state index contributed by atoms with van der Waals surface area (Å²) in [4.78, 5) is 18.8. The van der Waals surface area contributed by atoms with Gasteiger partial charge in [0.25, 0.3) is 0 Å². The molecule has 1 aromatic carbocycles. The fraction of sp³-hybridized carbons (Fsp3) is 0.300. The van der Waals surface area contributed by atoms with E-state index in [-0.39, 0.29) is 5.91 Å². The second-order valence-electron chi connectivity index (χ2n) is 6.78. The third kappa shape index (κ3) is 2.59. The van der Waals surface area contributed by atoms with Gasteiger partial charge in [0, 0.05) is 36.0 Å². The number of imidazole rings is 1. The van der Waals surface area contributed by atoms with Crippen LogP contribution >= 0.6 is 11.6 Å². The number of carbonyl (C=O) groups excluding carboxylic acids is 1. The van der Waals surface area contributed by atoms with Crippen molar-refractivity contribution in [1.82, 2.24) is 9.38 Å². The number of rotatable bonds is 3. The first-order valence-electron chi connectivity index (χ1n) is 8.77. The number of nitrogens with two attached hydrogens (primary N) is 1. The average molecular weight is 369 g/mol. The van der Waals surface area contributed by atoms with Crippen LogP contribution in [0.4, 0.5) is 5.69 Å². The molecule has 0 bridgehead atoms. The number of aryl methyl sites for hydroxylation is 2. The minimum atomic E-state index is -0.402. The van der Waals surface area contributed by atoms with Crippen molar-refractivity contribution in [2.45, 2.75) is 32.7 Å². The Morgan fingerprint density at radius 3 is 2.77 bits per heavy atom. The van der Waals surface area contributed by atoms with Crippen molar-refractivity contribution in [3.8, 4) is 0 Å². The molecular weight excluding hydrogens is 348 g/mol. The first-order chi connectivity index (χ1) is 12.5. The summed E-state index contributed by atoms with van der Waals surface area (Å²) in [6.07, 6.45) is 3.36. The zero-order valence-electron chi connectivity index (χ0n) is 14.9. The fourth-order valence-electron chi connectivity index (χ4n) is 3.78. The molecule has 3 aromatic rings. The smallest absolute Gasteiger partial charge is 0.227 e. The lowest BCUT2D eigenvalue weighted by Crippen LogP contribution is -2.27. The number of pyridine rings is 1. The van der Waals surface area contributed by atoms with E-state index in [2.05, 4.69) is 4.98 Å². The van der Waals surface area contributed by atoms with Crippen molar-refractivity contribution >= 4 is 28.8 Å². The van der Waals surface area contributed by atoms with Gasteiger partial charge in [0.05, 0.1) is 11.7 Å². The van der Waals surface area contributed by atoms with Crippen molar-refractivity contribution in [3.63, 3.8) is 0 Å². The van der Waals surface area contributed by atoms with Crippen molar-refractivity contribution in [1.29, 1.82) is 0 Å². The summed E-state index contributed by atoms with van der Waals surface area (Å²) >= 11 is 6.36. The summed E-state index contributed by atoms with van der Waals surface area (Å²) in [5.74, 6) is 0.155. The molecule has 26 heavy (non-hydrogen) atoms. The van der Waals surface area contributed by atoms with Crippen LogP contribution in [0.1, 0.15) is 41.3 Å². The molecule has 0 radical (unpaired) electrons. The predicted octanol–water partition coefficient (Wildman–Crippen LogP) is 3.78. The van der Waals surface area contributed by atoms with Gasteiger partial charge >= 0.3 is 0 Å². The topological polar surface area (TPSA) is 63.6 Å². The van der Waals surface area contributed by atoms with Crippen LogP contribution in [0, 0.1) is 13.8 Å². The summed E-state index contributed by atoms with van der Waals surface area (Å²) in [5.41, 5.74) is 12.1. The number of hydrogen-bond donors (Lipinski definition) is 1. The van der Waals surface area contributed by atoms with E-state index in [4.69, 9.17) is 17.3 Å². The first-order valence-corrected chi connectivity index (χ1v) is 9.15. The normalized spacial score (nSPS) is 15.8. The van der Waals surface area contributed by atoms with Crippen LogP contribution < -0.4 is 10.6 Å². The minimum Gasteiger partial charge on any atom is -0.320 e. The molecule has 1 aliphatic rings. The van der Waals surface area contributed by atoms with Gasteiger partial charge in [0.1, 0.15) is 10.8 Å². The molecule has 1 fully saturated rings. The Bertz CT molecular complexity index is 1010. The SMILES string of the molecule is Cc1cccc(N2CCCC2=O)c1C(N)c1cccn2c(Cl)c(C)nc12. The Hall–Kier alpha value is -2.37. The molecule has 5 nitrogen and oxygen atoms in total. The largest absolute Gasteiger partial charge is 0.320 e. The monoisotopic (exact) mass is 368 g/mol. The number of aromatic nitrogens is 2. The van der Waals surface area contributed by atoms with Gasteiger partial charge in [-0.05, 0) is 38.0 Å². The standard InChI is InChI=1S/C20H21ClN4O/c1-12-6-3-8-15(24-10-5-9-16(24)26)17(12)18(22)14-7-4-11-25-19(21)13(2)23-20(14)25/h3-4,6-8,11,18H,5,9-10,22H2,1-2H3. The van der Waals surface area contributed by atoms with Crippen LogP contribution in [-0.2, 0) is 4.79 Å². The second-order valence-corrected chi connectivity index (χ2v) is 7.14. The van der Waals surface area contributed by atoms with Crippen LogP contribution in [-0.4, -0.2) is 21.8 Å². The van der Waals surface area contributed by atoms with Gasteiger partial charge in [-0.15, -0.1) is 0 Å². The van der Waals surface area contributed by atoms with Crippen LogP contribution in [0.2, 0.25) is 5.15 Å². The van der Waals surface area contributed by atoms with Gasteiger partial charge in [-0.3, -0.25) is 9.20 Å². The molecule has 4 rings (SSSR count). The zero-order valence-corrected chi connectivity index (χ0v) is 15.6. The number of carbonyl (C=O) groups is 1. The lowest BCUT2D eigenvalue weighted by molar-refractivity contribution is -0.117. The third-order valence-electron chi connectivity index (χ3n) is 5.09. The van der Waals surface area contributed by atoms with Gasteiger partial charge in [-0.1, -0.05) is 29.8 Å². The van der Waals surface area contributed by atoms with Gasteiger partial charge < -0.3 is 10.6 Å². The molecule has 1 unspecified atom stereocenters. The number of nitrogens with zero attached hydrogens (tertiary/aromatic N) is 3. The minimum absolute atomic E-state index is 0.155. The highest BCUT2D eigenvalue weighted by molar-refractivity contribution is 6.30. The zero-order chi connectivity index (χ0) is 18.4. The van der Waals surface area contributed by atoms with Crippen LogP contribution in [0.15, 0.2) is 36.5 Å². The lowest BCUT2D eigenvalue weighted by atomic mass is 9.94.